The van der Waals surface area contributed by atoms with Crippen LogP contribution in [0.25, 0.3) is 11.5 Å². The van der Waals surface area contributed by atoms with E-state index in [4.69, 9.17) is 38.6 Å². The van der Waals surface area contributed by atoms with E-state index < -0.39 is 17.3 Å². The molecule has 2 fully saturated rings. The van der Waals surface area contributed by atoms with Gasteiger partial charge < -0.3 is 38.1 Å². The number of piperidine rings is 1. The maximum Gasteiger partial charge on any atom is 0.420 e. The molecule has 0 saturated carbocycles. The summed E-state index contributed by atoms with van der Waals surface area (Å²) in [4.78, 5) is 47.8. The van der Waals surface area contributed by atoms with Crippen LogP contribution >= 0.6 is 11.8 Å². The summed E-state index contributed by atoms with van der Waals surface area (Å²) in [5.74, 6) is 1.82. The van der Waals surface area contributed by atoms with Gasteiger partial charge in [-0.05, 0) is 66.5 Å². The Balaban J connectivity index is 0.00000295. The third-order valence-electron chi connectivity index (χ3n) is 9.02. The molecule has 0 unspecified atom stereocenters. The van der Waals surface area contributed by atoms with Crippen LogP contribution in [0.1, 0.15) is 106 Å². The van der Waals surface area contributed by atoms with E-state index in [9.17, 15) is 9.59 Å². The normalized spacial score (nSPS) is 16.5. The van der Waals surface area contributed by atoms with Crippen molar-refractivity contribution >= 4 is 41.1 Å². The van der Waals surface area contributed by atoms with Crippen molar-refractivity contribution < 1.29 is 33.3 Å². The molecule has 0 N–H and O–H groups in total. The molecule has 3 aromatic rings. The highest BCUT2D eigenvalue weighted by Crippen LogP contribution is 2.47. The fourth-order valence-corrected chi connectivity index (χ4v) is 7.04. The van der Waals surface area contributed by atoms with Crippen LogP contribution in [0.3, 0.4) is 0 Å². The number of rotatable bonds is 7. The lowest BCUT2D eigenvalue weighted by molar-refractivity contribution is 0.0203. The maximum absolute atomic E-state index is 14.5. The number of likely N-dealkylation sites (tertiary alicyclic amines) is 1. The quantitative estimate of drug-likeness (QED) is 0.167. The van der Waals surface area contributed by atoms with Crippen LogP contribution in [0.5, 0.6) is 5.75 Å². The number of fused-ring (bicyclic) bond motifs is 2. The zero-order valence-corrected chi connectivity index (χ0v) is 36.0. The van der Waals surface area contributed by atoms with Crippen molar-refractivity contribution in [2.45, 2.75) is 124 Å². The van der Waals surface area contributed by atoms with Crippen LogP contribution < -0.4 is 14.5 Å². The van der Waals surface area contributed by atoms with Crippen molar-refractivity contribution in [3.63, 3.8) is 0 Å². The third kappa shape index (κ3) is 10.9. The largest absolute Gasteiger partial charge is 0.484 e. The number of amides is 2. The van der Waals surface area contributed by atoms with E-state index in [1.807, 2.05) is 78.3 Å². The standard InChI is InChI=1S/C39H55N7O7S.C2H6/c1-37(2,3)52-35(47)44-15-11-26(12-16-44)28-22-30-32(31(42-28)34-41-14-17-45(34)24-50-25-54-39(7,8)9)51-23-27-29(43-18-20-49-21-19-43)10-13-40-33(27)46(30)36(48)53-38(4,5)6;1-2/h10,13-14,17,22,26H,11-12,15-16,18-21,23-25H2,1-9H3;1-2H3. The third-order valence-corrected chi connectivity index (χ3v) is 10.2. The number of thioether (sulfide) groups is 1. The highest BCUT2D eigenvalue weighted by atomic mass is 32.2. The minimum atomic E-state index is -0.793. The van der Waals surface area contributed by atoms with Gasteiger partial charge in [-0.15, -0.1) is 11.8 Å². The van der Waals surface area contributed by atoms with E-state index in [0.717, 1.165) is 16.9 Å². The van der Waals surface area contributed by atoms with Gasteiger partial charge >= 0.3 is 12.2 Å². The molecule has 6 heterocycles. The summed E-state index contributed by atoms with van der Waals surface area (Å²) in [5, 5.41) is 0. The predicted octanol–water partition coefficient (Wildman–Crippen LogP) is 8.75. The lowest BCUT2D eigenvalue weighted by atomic mass is 9.92. The van der Waals surface area contributed by atoms with E-state index >= 15 is 0 Å². The molecule has 56 heavy (non-hydrogen) atoms. The van der Waals surface area contributed by atoms with Crippen LogP contribution in [-0.2, 0) is 32.3 Å². The number of morpholine rings is 1. The van der Waals surface area contributed by atoms with Gasteiger partial charge in [0.15, 0.2) is 23.1 Å². The van der Waals surface area contributed by atoms with Crippen LogP contribution in [0.15, 0.2) is 30.7 Å². The Kier molecular flexibility index (Phi) is 13.9. The predicted molar refractivity (Wildman–Crippen MR) is 220 cm³/mol. The first-order valence-electron chi connectivity index (χ1n) is 19.7. The zero-order valence-electron chi connectivity index (χ0n) is 35.1. The second kappa shape index (κ2) is 18.0. The highest BCUT2D eigenvalue weighted by molar-refractivity contribution is 8.00. The summed E-state index contributed by atoms with van der Waals surface area (Å²) in [7, 11) is 0. The fourth-order valence-electron chi connectivity index (χ4n) is 6.53. The summed E-state index contributed by atoms with van der Waals surface area (Å²) < 4.78 is 32.2. The van der Waals surface area contributed by atoms with E-state index in [-0.39, 0.29) is 30.1 Å². The van der Waals surface area contributed by atoms with Crippen molar-refractivity contribution in [3.05, 3.63) is 42.0 Å². The second-order valence-corrected chi connectivity index (χ2v) is 18.5. The van der Waals surface area contributed by atoms with Crippen molar-refractivity contribution in [2.24, 2.45) is 0 Å². The molecule has 2 saturated heterocycles. The number of carbonyl (C=O) groups excluding carboxylic acids is 2. The molecular formula is C41H61N7O7S. The van der Waals surface area contributed by atoms with Gasteiger partial charge in [-0.3, -0.25) is 0 Å². The maximum atomic E-state index is 14.5. The van der Waals surface area contributed by atoms with Crippen molar-refractivity contribution in [2.75, 3.05) is 55.1 Å². The molecule has 14 nitrogen and oxygen atoms in total. The number of hydrogen-bond acceptors (Lipinski definition) is 12. The van der Waals surface area contributed by atoms with E-state index in [1.165, 1.54) is 4.90 Å². The number of nitrogens with zero attached hydrogens (tertiary/aromatic N) is 7. The summed E-state index contributed by atoms with van der Waals surface area (Å²) in [6.07, 6.45) is 5.67. The number of hydrogen-bond donors (Lipinski definition) is 0. The van der Waals surface area contributed by atoms with Crippen LogP contribution in [0.2, 0.25) is 0 Å². The van der Waals surface area contributed by atoms with E-state index in [2.05, 4.69) is 25.7 Å². The van der Waals surface area contributed by atoms with Gasteiger partial charge in [0.25, 0.3) is 0 Å². The SMILES string of the molecule is CC.CC(C)(C)OC(=O)N1CCC(c2cc3c(c(-c4nccn4COCSC(C)(C)C)n2)OCc2c(N4CCOCC4)ccnc2N3C(=O)OC(C)(C)C)CC1. The molecule has 6 rings (SSSR count). The number of pyridine rings is 2. The Labute approximate surface area is 336 Å². The van der Waals surface area contributed by atoms with Crippen molar-refractivity contribution in [1.82, 2.24) is 24.4 Å². The molecule has 15 heteroatoms. The molecule has 0 radical (unpaired) electrons. The number of carbonyl (C=O) groups is 2. The molecule has 308 valence electrons. The minimum absolute atomic E-state index is 0.0357. The van der Waals surface area contributed by atoms with E-state index in [0.29, 0.717) is 86.9 Å². The Morgan fingerprint density at radius 2 is 1.54 bits per heavy atom. The van der Waals surface area contributed by atoms with Gasteiger partial charge in [-0.1, -0.05) is 34.6 Å². The van der Waals surface area contributed by atoms with Gasteiger partial charge in [0.2, 0.25) is 0 Å². The Morgan fingerprint density at radius 3 is 2.18 bits per heavy atom. The Bertz CT molecular complexity index is 1800. The van der Waals surface area contributed by atoms with Crippen LogP contribution in [0.4, 0.5) is 26.8 Å². The Hall–Kier alpha value is -4.08. The highest BCUT2D eigenvalue weighted by Gasteiger charge is 2.38. The van der Waals surface area contributed by atoms with Gasteiger partial charge in [0, 0.05) is 66.8 Å². The molecular weight excluding hydrogens is 735 g/mol. The summed E-state index contributed by atoms with van der Waals surface area (Å²) in [5.41, 5.74) is 1.97. The average molecular weight is 796 g/mol. The molecule has 0 atom stereocenters. The van der Waals surface area contributed by atoms with E-state index in [1.54, 1.807) is 29.1 Å². The van der Waals surface area contributed by atoms with Gasteiger partial charge in [0.05, 0.1) is 24.7 Å². The molecule has 3 aromatic heterocycles. The molecule has 0 spiro atoms. The first-order valence-corrected chi connectivity index (χ1v) is 20.7. The molecule has 2 amide bonds. The molecule has 3 aliphatic rings. The fraction of sp³-hybridized carbons (Fsp3) is 0.634. The summed E-state index contributed by atoms with van der Waals surface area (Å²) in [6, 6.07) is 3.87. The zero-order chi connectivity index (χ0) is 40.8. The van der Waals surface area contributed by atoms with Gasteiger partial charge in [-0.25, -0.2) is 29.4 Å². The molecule has 0 bridgehead atoms. The van der Waals surface area contributed by atoms with Crippen LogP contribution in [0, 0.1) is 0 Å². The summed E-state index contributed by atoms with van der Waals surface area (Å²) in [6.45, 7) is 25.5. The lowest BCUT2D eigenvalue weighted by Crippen LogP contribution is -2.41. The van der Waals surface area contributed by atoms with Gasteiger partial charge in [-0.2, -0.15) is 0 Å². The second-order valence-electron chi connectivity index (χ2n) is 16.8. The molecule has 3 aliphatic heterocycles. The van der Waals surface area contributed by atoms with Crippen LogP contribution in [-0.4, -0.2) is 97.9 Å². The first kappa shape index (κ1) is 43.1. The summed E-state index contributed by atoms with van der Waals surface area (Å²) >= 11 is 1.71. The Morgan fingerprint density at radius 1 is 0.875 bits per heavy atom. The van der Waals surface area contributed by atoms with Crippen molar-refractivity contribution in [1.29, 1.82) is 0 Å². The topological polar surface area (TPSA) is 134 Å². The lowest BCUT2D eigenvalue weighted by Gasteiger charge is -2.34. The van der Waals surface area contributed by atoms with Gasteiger partial charge in [0.1, 0.15) is 30.2 Å². The number of imidazole rings is 1. The number of aromatic nitrogens is 4. The number of ether oxygens (including phenoxy) is 5. The smallest absolute Gasteiger partial charge is 0.420 e. The van der Waals surface area contributed by atoms with Crippen molar-refractivity contribution in [3.8, 4) is 17.3 Å². The monoisotopic (exact) mass is 795 g/mol. The molecule has 0 aromatic carbocycles. The first-order chi connectivity index (χ1) is 26.5. The minimum Gasteiger partial charge on any atom is -0.484 e. The molecule has 0 aliphatic carbocycles. The average Bonchev–Trinajstić information content (AvgIpc) is 3.53. The number of anilines is 3.